The maximum Gasteiger partial charge on any atom is 0.270 e. The zero-order valence-corrected chi connectivity index (χ0v) is 19.6. The second-order valence-corrected chi connectivity index (χ2v) is 9.18. The number of sulfonamides is 1. The monoisotopic (exact) mass is 537 g/mol. The minimum Gasteiger partial charge on any atom is -0.357 e. The average Bonchev–Trinajstić information content (AvgIpc) is 3.10. The zero-order valence-electron chi connectivity index (χ0n) is 16.5. The van der Waals surface area contributed by atoms with E-state index in [1.165, 1.54) is 43.9 Å². The molecule has 0 unspecified atom stereocenters. The number of nitrogens with one attached hydrogen (secondary N) is 2. The summed E-state index contributed by atoms with van der Waals surface area (Å²) in [6.07, 6.45) is 5.07. The number of nitro benzene ring substituents is 1. The third kappa shape index (κ3) is 5.79. The molecule has 29 heavy (non-hydrogen) atoms. The van der Waals surface area contributed by atoms with Crippen LogP contribution in [0, 0.1) is 15.5 Å². The number of nitrogens with zero attached hydrogens (tertiary/aromatic N) is 3. The van der Waals surface area contributed by atoms with E-state index in [1.807, 2.05) is 6.92 Å². The van der Waals surface area contributed by atoms with Gasteiger partial charge in [0, 0.05) is 38.3 Å². The molecule has 1 aromatic rings. The van der Waals surface area contributed by atoms with Gasteiger partial charge in [0.25, 0.3) is 5.69 Å². The molecule has 2 aliphatic rings. The van der Waals surface area contributed by atoms with Gasteiger partial charge in [-0.25, -0.2) is 13.1 Å². The molecule has 0 bridgehead atoms. The van der Waals surface area contributed by atoms with Gasteiger partial charge in [0.1, 0.15) is 0 Å². The van der Waals surface area contributed by atoms with Gasteiger partial charge in [-0.05, 0) is 37.7 Å². The van der Waals surface area contributed by atoms with E-state index < -0.39 is 14.9 Å². The molecule has 1 aliphatic heterocycles. The van der Waals surface area contributed by atoms with Crippen LogP contribution in [-0.2, 0) is 10.0 Å². The van der Waals surface area contributed by atoms with Gasteiger partial charge in [-0.15, -0.1) is 24.0 Å². The number of hydrogen-bond donors (Lipinski definition) is 2. The second-order valence-electron chi connectivity index (χ2n) is 7.41. The van der Waals surface area contributed by atoms with Crippen molar-refractivity contribution in [3.63, 3.8) is 0 Å². The summed E-state index contributed by atoms with van der Waals surface area (Å²) in [4.78, 5) is 16.9. The summed E-state index contributed by atoms with van der Waals surface area (Å²) in [5, 5.41) is 14.1. The lowest BCUT2D eigenvalue weighted by atomic mass is 9.68. The molecule has 1 saturated carbocycles. The summed E-state index contributed by atoms with van der Waals surface area (Å²) < 4.78 is 27.2. The van der Waals surface area contributed by atoms with Gasteiger partial charge in [0.05, 0.1) is 16.4 Å². The molecule has 3 rings (SSSR count). The summed E-state index contributed by atoms with van der Waals surface area (Å²) in [5.41, 5.74) is 0.203. The van der Waals surface area contributed by atoms with E-state index in [1.54, 1.807) is 0 Å². The summed E-state index contributed by atoms with van der Waals surface area (Å²) in [7, 11) is -3.82. The lowest BCUT2D eigenvalue weighted by Gasteiger charge is -2.38. The van der Waals surface area contributed by atoms with Crippen LogP contribution in [0.2, 0.25) is 0 Å². The van der Waals surface area contributed by atoms with Gasteiger partial charge in [-0.1, -0.05) is 12.5 Å². The quantitative estimate of drug-likeness (QED) is 0.138. The number of halogens is 1. The van der Waals surface area contributed by atoms with Gasteiger partial charge in [-0.3, -0.25) is 15.1 Å². The van der Waals surface area contributed by atoms with Crippen LogP contribution in [-0.4, -0.2) is 56.9 Å². The van der Waals surface area contributed by atoms with Gasteiger partial charge >= 0.3 is 0 Å². The Labute approximate surface area is 188 Å². The van der Waals surface area contributed by atoms with Crippen molar-refractivity contribution in [1.29, 1.82) is 0 Å². The van der Waals surface area contributed by atoms with Crippen molar-refractivity contribution in [2.75, 3.05) is 32.7 Å². The molecule has 162 valence electrons. The molecule has 0 radical (unpaired) electrons. The molecule has 1 aliphatic carbocycles. The highest BCUT2D eigenvalue weighted by molar-refractivity contribution is 14.0. The summed E-state index contributed by atoms with van der Waals surface area (Å²) in [6, 6.07) is 5.01. The molecule has 1 heterocycles. The van der Waals surface area contributed by atoms with Crippen LogP contribution in [0.1, 0.15) is 32.6 Å². The van der Waals surface area contributed by atoms with Crippen molar-refractivity contribution >= 4 is 45.6 Å². The number of non-ortho nitro benzene ring substituents is 1. The number of likely N-dealkylation sites (tertiary alicyclic amines) is 1. The predicted molar refractivity (Wildman–Crippen MR) is 122 cm³/mol. The first-order chi connectivity index (χ1) is 13.4. The lowest BCUT2D eigenvalue weighted by Crippen LogP contribution is -2.43. The molecule has 0 aromatic heterocycles. The smallest absolute Gasteiger partial charge is 0.270 e. The first kappa shape index (κ1) is 23.8. The van der Waals surface area contributed by atoms with Crippen molar-refractivity contribution < 1.29 is 13.3 Å². The minimum atomic E-state index is -3.82. The molecular formula is C18H28IN5O4S. The van der Waals surface area contributed by atoms with Crippen molar-refractivity contribution in [2.45, 2.75) is 37.5 Å². The van der Waals surface area contributed by atoms with Crippen molar-refractivity contribution in [2.24, 2.45) is 10.4 Å². The Morgan fingerprint density at radius 3 is 2.69 bits per heavy atom. The molecule has 11 heteroatoms. The van der Waals surface area contributed by atoms with E-state index in [0.717, 1.165) is 31.7 Å². The summed E-state index contributed by atoms with van der Waals surface area (Å²) in [6.45, 7) is 5.17. The average molecular weight is 537 g/mol. The molecule has 0 amide bonds. The summed E-state index contributed by atoms with van der Waals surface area (Å²) >= 11 is 0. The highest BCUT2D eigenvalue weighted by atomic mass is 127. The predicted octanol–water partition coefficient (Wildman–Crippen LogP) is 2.33. The number of hydrogen-bond acceptors (Lipinski definition) is 5. The Bertz CT molecular complexity index is 858. The zero-order chi connectivity index (χ0) is 20.2. The van der Waals surface area contributed by atoms with Gasteiger partial charge in [0.15, 0.2) is 5.96 Å². The number of aliphatic imine (C=N–C) groups is 1. The van der Waals surface area contributed by atoms with Gasteiger partial charge in [0.2, 0.25) is 10.0 Å². The van der Waals surface area contributed by atoms with Crippen molar-refractivity contribution in [3.8, 4) is 0 Å². The lowest BCUT2D eigenvalue weighted by molar-refractivity contribution is -0.385. The van der Waals surface area contributed by atoms with Crippen molar-refractivity contribution in [3.05, 3.63) is 34.4 Å². The van der Waals surface area contributed by atoms with E-state index >= 15 is 0 Å². The van der Waals surface area contributed by atoms with Crippen LogP contribution in [0.5, 0.6) is 0 Å². The molecule has 2 N–H and O–H groups in total. The van der Waals surface area contributed by atoms with E-state index in [-0.39, 0.29) is 41.1 Å². The largest absolute Gasteiger partial charge is 0.357 e. The van der Waals surface area contributed by atoms with E-state index in [2.05, 4.69) is 19.9 Å². The number of benzene rings is 1. The first-order valence-electron chi connectivity index (χ1n) is 9.63. The molecule has 9 nitrogen and oxygen atoms in total. The van der Waals surface area contributed by atoms with Crippen LogP contribution in [0.3, 0.4) is 0 Å². The van der Waals surface area contributed by atoms with Crippen LogP contribution in [0.15, 0.2) is 34.2 Å². The molecule has 0 atom stereocenters. The van der Waals surface area contributed by atoms with Gasteiger partial charge < -0.3 is 10.2 Å². The van der Waals surface area contributed by atoms with Crippen LogP contribution in [0.4, 0.5) is 5.69 Å². The van der Waals surface area contributed by atoms with E-state index in [0.29, 0.717) is 12.0 Å². The normalized spacial score (nSPS) is 18.2. The Kier molecular flexibility index (Phi) is 8.23. The first-order valence-corrected chi connectivity index (χ1v) is 11.1. The second kappa shape index (κ2) is 10.0. The number of rotatable bonds is 7. The minimum absolute atomic E-state index is 0. The van der Waals surface area contributed by atoms with E-state index in [9.17, 15) is 18.5 Å². The highest BCUT2D eigenvalue weighted by Gasteiger charge is 2.43. The highest BCUT2D eigenvalue weighted by Crippen LogP contribution is 2.47. The Morgan fingerprint density at radius 2 is 2.10 bits per heavy atom. The fourth-order valence-corrected chi connectivity index (χ4v) is 4.88. The van der Waals surface area contributed by atoms with Gasteiger partial charge in [-0.2, -0.15) is 0 Å². The maximum absolute atomic E-state index is 12.4. The summed E-state index contributed by atoms with van der Waals surface area (Å²) in [5.74, 6) is 0.820. The van der Waals surface area contributed by atoms with Crippen molar-refractivity contribution in [1.82, 2.24) is 14.9 Å². The van der Waals surface area contributed by atoms with Crippen LogP contribution >= 0.6 is 24.0 Å². The molecule has 1 aromatic carbocycles. The standard InChI is InChI=1S/C18H27N5O4S.HI/c1-2-19-17(22-12-9-18(14-22)7-4-8-18)20-10-11-21-28(26,27)16-6-3-5-15(13-16)23(24)25;/h3,5-6,13,21H,2,4,7-12,14H2,1H3,(H,19,20);1H. The SMILES string of the molecule is CCNC(=NCCNS(=O)(=O)c1cccc([N+](=O)[O-])c1)N1CCC2(CCC2)C1.I. The fraction of sp³-hybridized carbons (Fsp3) is 0.611. The third-order valence-electron chi connectivity index (χ3n) is 5.49. The fourth-order valence-electron chi connectivity index (χ4n) is 3.82. The maximum atomic E-state index is 12.4. The topological polar surface area (TPSA) is 117 Å². The Balaban J connectivity index is 0.00000300. The van der Waals surface area contributed by atoms with Crippen LogP contribution < -0.4 is 10.0 Å². The number of guanidine groups is 1. The van der Waals surface area contributed by atoms with Crippen LogP contribution in [0.25, 0.3) is 0 Å². The Hall–Kier alpha value is -1.47. The van der Waals surface area contributed by atoms with E-state index in [4.69, 9.17) is 0 Å². The molecular weight excluding hydrogens is 509 g/mol. The molecule has 2 fully saturated rings. The number of nitro groups is 1. The molecule has 1 spiro atoms. The molecule has 1 saturated heterocycles. The Morgan fingerprint density at radius 1 is 1.34 bits per heavy atom. The third-order valence-corrected chi connectivity index (χ3v) is 6.95.